The van der Waals surface area contributed by atoms with E-state index in [0.717, 1.165) is 12.8 Å². The van der Waals surface area contributed by atoms with Crippen LogP contribution in [0.5, 0.6) is 0 Å². The van der Waals surface area contributed by atoms with Crippen molar-refractivity contribution < 1.29 is 5.48 Å². The number of nitrogens with two attached hydrogens (primary N) is 2. The van der Waals surface area contributed by atoms with E-state index in [1.54, 1.807) is 0 Å². The van der Waals surface area contributed by atoms with Gasteiger partial charge in [-0.05, 0) is 6.42 Å². The summed E-state index contributed by atoms with van der Waals surface area (Å²) < 4.78 is 1.29. The van der Waals surface area contributed by atoms with Gasteiger partial charge in [0.25, 0.3) is 0 Å². The molecule has 0 saturated carbocycles. The summed E-state index contributed by atoms with van der Waals surface area (Å²) in [7, 11) is 0. The number of hydrogen-bond donors (Lipinski definition) is 3. The Hall–Kier alpha value is -1.01. The molecule has 0 aliphatic rings. The zero-order chi connectivity index (χ0) is 11.0. The summed E-state index contributed by atoms with van der Waals surface area (Å²) >= 11 is 5.78. The van der Waals surface area contributed by atoms with Crippen LogP contribution in [0.25, 0.3) is 0 Å². The molecule has 0 heterocycles. The Balaban J connectivity index is 0. The number of nitrogens with zero attached hydrogens (tertiary/aromatic N) is 2. The molecule has 0 aromatic rings. The number of guanidine groups is 2. The minimum Gasteiger partial charge on any atom is -0.412 e. The second-order valence-corrected chi connectivity index (χ2v) is 3.41. The Morgan fingerprint density at radius 3 is 2.40 bits per heavy atom. The number of hydrogen-bond acceptors (Lipinski definition) is 1. The third-order valence-corrected chi connectivity index (χ3v) is 2.03. The highest BCUT2D eigenvalue weighted by molar-refractivity contribution is 6.22. The Labute approximate surface area is 95.2 Å². The Kier molecular flexibility index (Phi) is 10.4. The molecule has 0 unspecified atom stereocenters. The van der Waals surface area contributed by atoms with Crippen LogP contribution in [0.15, 0.2) is 4.99 Å². The standard InChI is InChI=1S/C8H18ClN5.H2O/c1-2-3-4-5-6-14(9)8(12)13-7(10)11;/h2-6H2,1H3,(H5,10,11,12,13);1H2. The van der Waals surface area contributed by atoms with Gasteiger partial charge < -0.3 is 16.9 Å². The Bertz CT molecular complexity index is 209. The van der Waals surface area contributed by atoms with Gasteiger partial charge in [-0.25, -0.2) is 0 Å². The highest BCUT2D eigenvalue weighted by Crippen LogP contribution is 2.02. The first kappa shape index (κ1) is 16.4. The fourth-order valence-electron chi connectivity index (χ4n) is 0.970. The van der Waals surface area contributed by atoms with E-state index in [2.05, 4.69) is 11.9 Å². The quantitative estimate of drug-likeness (QED) is 0.278. The first-order valence-electron chi connectivity index (χ1n) is 4.69. The van der Waals surface area contributed by atoms with Gasteiger partial charge in [0.15, 0.2) is 0 Å². The number of rotatable bonds is 5. The van der Waals surface area contributed by atoms with Crippen LogP contribution in [0.4, 0.5) is 0 Å². The average molecular weight is 238 g/mol. The molecular weight excluding hydrogens is 218 g/mol. The molecule has 0 radical (unpaired) electrons. The molecule has 7 heteroatoms. The van der Waals surface area contributed by atoms with Crippen LogP contribution in [0.3, 0.4) is 0 Å². The van der Waals surface area contributed by atoms with Gasteiger partial charge in [-0.2, -0.15) is 4.99 Å². The van der Waals surface area contributed by atoms with Gasteiger partial charge in [-0.3, -0.25) is 9.83 Å². The third kappa shape index (κ3) is 9.30. The Morgan fingerprint density at radius 2 is 1.93 bits per heavy atom. The van der Waals surface area contributed by atoms with Gasteiger partial charge in [0.1, 0.15) is 0 Å². The highest BCUT2D eigenvalue weighted by Gasteiger charge is 2.03. The van der Waals surface area contributed by atoms with E-state index >= 15 is 0 Å². The lowest BCUT2D eigenvalue weighted by Gasteiger charge is -2.13. The van der Waals surface area contributed by atoms with Gasteiger partial charge in [0.05, 0.1) is 0 Å². The molecule has 0 amide bonds. The molecule has 0 spiro atoms. The predicted molar refractivity (Wildman–Crippen MR) is 63.9 cm³/mol. The topological polar surface area (TPSA) is 123 Å². The second kappa shape index (κ2) is 9.54. The van der Waals surface area contributed by atoms with Gasteiger partial charge in [0.2, 0.25) is 11.9 Å². The van der Waals surface area contributed by atoms with Gasteiger partial charge in [-0.1, -0.05) is 26.2 Å². The summed E-state index contributed by atoms with van der Waals surface area (Å²) in [5.41, 5.74) is 10.5. The summed E-state index contributed by atoms with van der Waals surface area (Å²) in [6, 6.07) is 0. The van der Waals surface area contributed by atoms with E-state index in [1.165, 1.54) is 17.3 Å². The monoisotopic (exact) mass is 237 g/mol. The molecule has 0 aliphatic heterocycles. The van der Waals surface area contributed by atoms with Crippen LogP contribution in [0.2, 0.25) is 0 Å². The van der Waals surface area contributed by atoms with E-state index in [9.17, 15) is 0 Å². The molecule has 15 heavy (non-hydrogen) atoms. The Morgan fingerprint density at radius 1 is 1.33 bits per heavy atom. The summed E-state index contributed by atoms with van der Waals surface area (Å²) in [6.07, 6.45) is 4.45. The van der Waals surface area contributed by atoms with Gasteiger partial charge in [-0.15, -0.1) is 0 Å². The van der Waals surface area contributed by atoms with Crippen molar-refractivity contribution in [3.8, 4) is 0 Å². The summed E-state index contributed by atoms with van der Waals surface area (Å²) in [6.45, 7) is 2.77. The van der Waals surface area contributed by atoms with Gasteiger partial charge >= 0.3 is 0 Å². The molecule has 0 atom stereocenters. The SMILES string of the molecule is CCCCCCN(Cl)C(N)=NC(=N)N.O. The molecule has 0 saturated heterocycles. The maximum atomic E-state index is 6.89. The van der Waals surface area contributed by atoms with E-state index in [4.69, 9.17) is 28.7 Å². The van der Waals surface area contributed by atoms with E-state index in [-0.39, 0.29) is 17.4 Å². The van der Waals surface area contributed by atoms with Crippen molar-refractivity contribution in [2.24, 2.45) is 16.5 Å². The minimum atomic E-state index is -0.332. The molecule has 0 aromatic carbocycles. The van der Waals surface area contributed by atoms with Crippen molar-refractivity contribution in [3.05, 3.63) is 0 Å². The molecule has 0 fully saturated rings. The summed E-state index contributed by atoms with van der Waals surface area (Å²) in [5.74, 6) is -0.252. The van der Waals surface area contributed by atoms with E-state index < -0.39 is 0 Å². The van der Waals surface area contributed by atoms with Crippen molar-refractivity contribution in [1.29, 1.82) is 5.41 Å². The van der Waals surface area contributed by atoms with E-state index in [1.807, 2.05) is 0 Å². The fourth-order valence-corrected chi connectivity index (χ4v) is 1.13. The van der Waals surface area contributed by atoms with Crippen LogP contribution < -0.4 is 11.5 Å². The average Bonchev–Trinajstić information content (AvgIpc) is 2.11. The molecule has 6 nitrogen and oxygen atoms in total. The second-order valence-electron chi connectivity index (χ2n) is 3.00. The fraction of sp³-hybridized carbons (Fsp3) is 0.750. The zero-order valence-corrected chi connectivity index (χ0v) is 9.72. The first-order valence-corrected chi connectivity index (χ1v) is 5.03. The number of aliphatic imine (C=N–C) groups is 1. The molecule has 0 bridgehead atoms. The largest absolute Gasteiger partial charge is 0.412 e. The van der Waals surface area contributed by atoms with Crippen LogP contribution >= 0.6 is 11.8 Å². The van der Waals surface area contributed by atoms with Crippen molar-refractivity contribution in [2.45, 2.75) is 32.6 Å². The van der Waals surface area contributed by atoms with Crippen molar-refractivity contribution in [2.75, 3.05) is 6.54 Å². The van der Waals surface area contributed by atoms with Gasteiger partial charge in [0, 0.05) is 18.3 Å². The van der Waals surface area contributed by atoms with Crippen molar-refractivity contribution >= 4 is 23.7 Å². The molecule has 0 aliphatic carbocycles. The third-order valence-electron chi connectivity index (χ3n) is 1.69. The smallest absolute Gasteiger partial charge is 0.215 e. The molecule has 7 N–H and O–H groups in total. The number of halogens is 1. The van der Waals surface area contributed by atoms with Crippen LogP contribution in [0.1, 0.15) is 32.6 Å². The number of unbranched alkanes of at least 4 members (excludes halogenated alkanes) is 3. The predicted octanol–water partition coefficient (Wildman–Crippen LogP) is 0.406. The summed E-state index contributed by atoms with van der Waals surface area (Å²) in [4.78, 5) is 3.53. The molecule has 0 rings (SSSR count). The highest BCUT2D eigenvalue weighted by atomic mass is 35.5. The lowest BCUT2D eigenvalue weighted by atomic mass is 10.2. The first-order chi connectivity index (χ1) is 6.57. The minimum absolute atomic E-state index is 0. The number of nitrogens with one attached hydrogen (secondary N) is 1. The van der Waals surface area contributed by atoms with Crippen LogP contribution in [-0.4, -0.2) is 28.4 Å². The van der Waals surface area contributed by atoms with Crippen LogP contribution in [-0.2, 0) is 0 Å². The summed E-state index contributed by atoms with van der Waals surface area (Å²) in [5, 5.41) is 6.89. The maximum absolute atomic E-state index is 6.89. The molecule has 90 valence electrons. The lowest BCUT2D eigenvalue weighted by Crippen LogP contribution is -2.32. The van der Waals surface area contributed by atoms with Crippen molar-refractivity contribution in [1.82, 2.24) is 4.42 Å². The van der Waals surface area contributed by atoms with E-state index in [0.29, 0.717) is 6.54 Å². The van der Waals surface area contributed by atoms with Crippen molar-refractivity contribution in [3.63, 3.8) is 0 Å². The molecular formula is C8H20ClN5O. The molecule has 0 aromatic heterocycles. The lowest BCUT2D eigenvalue weighted by molar-refractivity contribution is 0.564. The zero-order valence-electron chi connectivity index (χ0n) is 8.96. The van der Waals surface area contributed by atoms with Crippen LogP contribution in [0, 0.1) is 5.41 Å². The maximum Gasteiger partial charge on any atom is 0.215 e. The normalized spacial score (nSPS) is 10.7.